The number of amides is 1. The minimum Gasteiger partial charge on any atom is -0.461 e. The van der Waals surface area contributed by atoms with Gasteiger partial charge < -0.3 is 15.0 Å². The van der Waals surface area contributed by atoms with Crippen LogP contribution in [-0.2, 0) is 17.8 Å². The number of hydrogen-bond donors (Lipinski definition) is 1. The molecule has 3 aromatic heterocycles. The van der Waals surface area contributed by atoms with Crippen molar-refractivity contribution in [3.8, 4) is 0 Å². The van der Waals surface area contributed by atoms with Crippen LogP contribution in [0.5, 0.6) is 0 Å². The molecule has 1 N–H and O–H groups in total. The molecule has 10 nitrogen and oxygen atoms in total. The van der Waals surface area contributed by atoms with Crippen molar-refractivity contribution in [1.82, 2.24) is 24.2 Å². The topological polar surface area (TPSA) is 115 Å². The van der Waals surface area contributed by atoms with Gasteiger partial charge in [0.1, 0.15) is 16.3 Å². The van der Waals surface area contributed by atoms with Crippen molar-refractivity contribution in [3.05, 3.63) is 103 Å². The molecule has 0 unspecified atom stereocenters. The van der Waals surface area contributed by atoms with Crippen molar-refractivity contribution in [2.75, 3.05) is 27.2 Å². The van der Waals surface area contributed by atoms with E-state index < -0.39 is 17.2 Å². The van der Waals surface area contributed by atoms with E-state index >= 15 is 0 Å². The molecule has 0 aliphatic rings. The molecule has 208 valence electrons. The summed E-state index contributed by atoms with van der Waals surface area (Å²) in [5.41, 5.74) is 1.36. The third-order valence-electron chi connectivity index (χ3n) is 5.72. The van der Waals surface area contributed by atoms with Gasteiger partial charge in [0.2, 0.25) is 0 Å². The number of hydrogen-bond acceptors (Lipinski definition) is 8. The zero-order valence-electron chi connectivity index (χ0n) is 21.6. The molecular formula is C26H29Cl2N5O5S. The van der Waals surface area contributed by atoms with Crippen molar-refractivity contribution in [2.45, 2.75) is 20.0 Å². The maximum absolute atomic E-state index is 13.2. The largest absolute Gasteiger partial charge is 0.461 e. The Morgan fingerprint density at radius 3 is 2.33 bits per heavy atom. The predicted molar refractivity (Wildman–Crippen MR) is 155 cm³/mol. The SMILES string of the molecule is Cc1c(=O)n(Cc2ccc(C(=O)OCCN(C)C)cc2)c(=O)n2cc(C(=O)NCc3ccncc3)sc12.Cl.Cl. The van der Waals surface area contributed by atoms with Gasteiger partial charge in [-0.05, 0) is 56.4 Å². The second kappa shape index (κ2) is 14.0. The smallest absolute Gasteiger partial charge is 0.338 e. The van der Waals surface area contributed by atoms with Crippen LogP contribution < -0.4 is 16.6 Å². The van der Waals surface area contributed by atoms with Crippen molar-refractivity contribution >= 4 is 52.9 Å². The fourth-order valence-electron chi connectivity index (χ4n) is 3.61. The minimum atomic E-state index is -0.540. The first-order chi connectivity index (χ1) is 17.7. The highest BCUT2D eigenvalue weighted by atomic mass is 35.5. The summed E-state index contributed by atoms with van der Waals surface area (Å²) >= 11 is 1.09. The molecule has 1 amide bonds. The van der Waals surface area contributed by atoms with E-state index in [4.69, 9.17) is 4.74 Å². The molecule has 0 spiro atoms. The quantitative estimate of drug-likeness (QED) is 0.297. The Hall–Kier alpha value is -3.51. The molecule has 13 heteroatoms. The van der Waals surface area contributed by atoms with Crippen LogP contribution in [0.3, 0.4) is 0 Å². The Morgan fingerprint density at radius 2 is 1.69 bits per heavy atom. The maximum atomic E-state index is 13.2. The minimum absolute atomic E-state index is 0. The molecule has 0 fully saturated rings. The first-order valence-corrected chi connectivity index (χ1v) is 12.4. The highest BCUT2D eigenvalue weighted by Crippen LogP contribution is 2.18. The summed E-state index contributed by atoms with van der Waals surface area (Å²) < 4.78 is 7.70. The average Bonchev–Trinajstić information content (AvgIpc) is 3.35. The Kier molecular flexibility index (Phi) is 11.4. The van der Waals surface area contributed by atoms with E-state index in [0.29, 0.717) is 39.5 Å². The Labute approximate surface area is 241 Å². The lowest BCUT2D eigenvalue weighted by molar-refractivity contribution is 0.0481. The molecule has 4 rings (SSSR count). The molecule has 0 atom stereocenters. The third-order valence-corrected chi connectivity index (χ3v) is 6.93. The predicted octanol–water partition coefficient (Wildman–Crippen LogP) is 2.77. The number of fused-ring (bicyclic) bond motifs is 1. The van der Waals surface area contributed by atoms with Gasteiger partial charge in [-0.2, -0.15) is 0 Å². The molecule has 0 saturated heterocycles. The van der Waals surface area contributed by atoms with Crippen LogP contribution >= 0.6 is 36.2 Å². The molecule has 4 aromatic rings. The number of aromatic nitrogens is 3. The molecule has 0 radical (unpaired) electrons. The van der Waals surface area contributed by atoms with Crippen LogP contribution in [0, 0.1) is 6.92 Å². The molecule has 0 aliphatic heterocycles. The van der Waals surface area contributed by atoms with E-state index in [2.05, 4.69) is 10.3 Å². The number of benzene rings is 1. The second-order valence-electron chi connectivity index (χ2n) is 8.74. The van der Waals surface area contributed by atoms with Gasteiger partial charge in [0, 0.05) is 37.2 Å². The number of pyridine rings is 1. The molecular weight excluding hydrogens is 565 g/mol. The summed E-state index contributed by atoms with van der Waals surface area (Å²) in [5.74, 6) is -0.771. The highest BCUT2D eigenvalue weighted by molar-refractivity contribution is 7.19. The first-order valence-electron chi connectivity index (χ1n) is 11.6. The van der Waals surface area contributed by atoms with Crippen LogP contribution in [0.1, 0.15) is 36.7 Å². The lowest BCUT2D eigenvalue weighted by atomic mass is 10.1. The number of likely N-dealkylation sites (N-methyl/N-ethyl adjacent to an activating group) is 1. The Balaban J connectivity index is 0.00000267. The summed E-state index contributed by atoms with van der Waals surface area (Å²) in [6.07, 6.45) is 4.74. The van der Waals surface area contributed by atoms with Crippen LogP contribution in [-0.4, -0.2) is 58.0 Å². The van der Waals surface area contributed by atoms with Gasteiger partial charge >= 0.3 is 11.7 Å². The lowest BCUT2D eigenvalue weighted by Crippen LogP contribution is -2.38. The van der Waals surface area contributed by atoms with Gasteiger partial charge in [0.15, 0.2) is 0 Å². The monoisotopic (exact) mass is 593 g/mol. The van der Waals surface area contributed by atoms with E-state index in [1.165, 1.54) is 10.6 Å². The van der Waals surface area contributed by atoms with Crippen molar-refractivity contribution in [1.29, 1.82) is 0 Å². The second-order valence-corrected chi connectivity index (χ2v) is 9.77. The van der Waals surface area contributed by atoms with E-state index in [9.17, 15) is 19.2 Å². The van der Waals surface area contributed by atoms with Gasteiger partial charge in [-0.3, -0.25) is 23.5 Å². The number of thiazole rings is 1. The number of aryl methyl sites for hydroxylation is 1. The number of halogens is 2. The normalized spacial score (nSPS) is 10.6. The Morgan fingerprint density at radius 1 is 1.03 bits per heavy atom. The van der Waals surface area contributed by atoms with E-state index in [1.54, 1.807) is 55.7 Å². The number of rotatable bonds is 9. The standard InChI is InChI=1S/C26H27N5O5S.2ClH/c1-17-23(33)30(15-19-4-6-20(7-5-19)25(34)36-13-12-29(2)3)26(35)31-16-21(37-24(17)31)22(32)28-14-18-8-10-27-11-9-18;;/h4-11,16H,12-15H2,1-3H3,(H,28,32);2*1H. The van der Waals surface area contributed by atoms with Gasteiger partial charge in [-0.15, -0.1) is 36.2 Å². The van der Waals surface area contributed by atoms with E-state index in [-0.39, 0.29) is 43.9 Å². The number of nitrogens with zero attached hydrogens (tertiary/aromatic N) is 4. The summed E-state index contributed by atoms with van der Waals surface area (Å²) in [5, 5.41) is 2.82. The van der Waals surface area contributed by atoms with Crippen LogP contribution in [0.2, 0.25) is 0 Å². The summed E-state index contributed by atoms with van der Waals surface area (Å²) in [6, 6.07) is 10.2. The molecule has 0 bridgehead atoms. The van der Waals surface area contributed by atoms with Crippen LogP contribution in [0.4, 0.5) is 0 Å². The maximum Gasteiger partial charge on any atom is 0.338 e. The van der Waals surface area contributed by atoms with E-state index in [1.807, 2.05) is 19.0 Å². The number of carbonyl (C=O) groups is 2. The van der Waals surface area contributed by atoms with Crippen LogP contribution in [0.25, 0.3) is 4.83 Å². The summed E-state index contributed by atoms with van der Waals surface area (Å²) in [6.45, 7) is 2.88. The summed E-state index contributed by atoms with van der Waals surface area (Å²) in [4.78, 5) is 57.7. The van der Waals surface area contributed by atoms with Crippen molar-refractivity contribution in [2.24, 2.45) is 0 Å². The fourth-order valence-corrected chi connectivity index (χ4v) is 4.61. The van der Waals surface area contributed by atoms with E-state index in [0.717, 1.165) is 21.5 Å². The van der Waals surface area contributed by atoms with Crippen molar-refractivity contribution in [3.63, 3.8) is 0 Å². The average molecular weight is 595 g/mol. The molecule has 1 aromatic carbocycles. The zero-order valence-corrected chi connectivity index (χ0v) is 24.0. The third kappa shape index (κ3) is 7.54. The number of carbonyl (C=O) groups excluding carboxylic acids is 2. The zero-order chi connectivity index (χ0) is 26.5. The molecule has 0 saturated carbocycles. The molecule has 0 aliphatic carbocycles. The molecule has 39 heavy (non-hydrogen) atoms. The number of ether oxygens (including phenoxy) is 1. The Bertz CT molecular complexity index is 1550. The van der Waals surface area contributed by atoms with Gasteiger partial charge in [-0.25, -0.2) is 9.59 Å². The first kappa shape index (κ1) is 31.7. The number of esters is 1. The van der Waals surface area contributed by atoms with Gasteiger partial charge in [-0.1, -0.05) is 12.1 Å². The van der Waals surface area contributed by atoms with Gasteiger partial charge in [0.25, 0.3) is 11.5 Å². The number of nitrogens with one attached hydrogen (secondary N) is 1. The van der Waals surface area contributed by atoms with Crippen molar-refractivity contribution < 1.29 is 14.3 Å². The summed E-state index contributed by atoms with van der Waals surface area (Å²) in [7, 11) is 3.78. The molecule has 3 heterocycles. The highest BCUT2D eigenvalue weighted by Gasteiger charge is 2.18. The van der Waals surface area contributed by atoms with Gasteiger partial charge in [0.05, 0.1) is 12.1 Å². The fraction of sp³-hybridized carbons (Fsp3) is 0.269. The lowest BCUT2D eigenvalue weighted by Gasteiger charge is -2.10. The van der Waals surface area contributed by atoms with Crippen LogP contribution in [0.15, 0.2) is 64.6 Å².